The van der Waals surface area contributed by atoms with Crippen LogP contribution in [0.3, 0.4) is 0 Å². The Morgan fingerprint density at radius 3 is 2.50 bits per heavy atom. The van der Waals surface area contributed by atoms with E-state index in [9.17, 15) is 13.2 Å². The van der Waals surface area contributed by atoms with E-state index >= 15 is 0 Å². The van der Waals surface area contributed by atoms with Gasteiger partial charge in [-0.2, -0.15) is 4.72 Å². The number of fused-ring (bicyclic) bond motifs is 1. The van der Waals surface area contributed by atoms with Gasteiger partial charge in [-0.25, -0.2) is 8.42 Å². The third-order valence-electron chi connectivity index (χ3n) is 3.32. The zero-order valence-electron chi connectivity index (χ0n) is 11.6. The minimum absolute atomic E-state index is 0.141. The molecule has 2 aromatic carbocycles. The van der Waals surface area contributed by atoms with Crippen LogP contribution in [-0.2, 0) is 21.4 Å². The van der Waals surface area contributed by atoms with Crippen LogP contribution in [-0.4, -0.2) is 20.5 Å². The highest BCUT2D eigenvalue weighted by Crippen LogP contribution is 2.25. The lowest BCUT2D eigenvalue weighted by molar-refractivity contribution is -0.122. The normalized spacial score (nSPS) is 18.8. The molecule has 2 aromatic rings. The van der Waals surface area contributed by atoms with Crippen molar-refractivity contribution in [3.63, 3.8) is 0 Å². The lowest BCUT2D eigenvalue weighted by atomic mass is 10.2. The van der Waals surface area contributed by atoms with Crippen molar-refractivity contribution >= 4 is 21.6 Å². The van der Waals surface area contributed by atoms with Crippen molar-refractivity contribution < 1.29 is 13.2 Å². The monoisotopic (exact) mass is 317 g/mol. The summed E-state index contributed by atoms with van der Waals surface area (Å²) in [4.78, 5) is 12.3. The Labute approximate surface area is 128 Å². The van der Waals surface area contributed by atoms with Gasteiger partial charge in [0, 0.05) is 6.54 Å². The minimum Gasteiger partial charge on any atom is -0.360 e. The molecule has 0 spiro atoms. The number of benzene rings is 2. The Hall–Kier alpha value is -2.38. The maximum Gasteiger partial charge on any atom is 0.258 e. The van der Waals surface area contributed by atoms with E-state index in [2.05, 4.69) is 15.4 Å². The van der Waals surface area contributed by atoms with Crippen LogP contribution in [0.5, 0.6) is 0 Å². The first kappa shape index (κ1) is 14.6. The van der Waals surface area contributed by atoms with E-state index < -0.39 is 22.1 Å². The second-order valence-electron chi connectivity index (χ2n) is 4.90. The molecule has 0 radical (unpaired) electrons. The van der Waals surface area contributed by atoms with Crippen molar-refractivity contribution in [2.45, 2.75) is 17.6 Å². The Bertz CT molecular complexity index is 791. The molecular weight excluding hydrogens is 302 g/mol. The fourth-order valence-corrected chi connectivity index (χ4v) is 3.51. The van der Waals surface area contributed by atoms with Gasteiger partial charge in [-0.05, 0) is 17.7 Å². The molecular formula is C15H15N3O3S. The third kappa shape index (κ3) is 2.95. The number of nitrogens with one attached hydrogen (secondary N) is 3. The van der Waals surface area contributed by atoms with E-state index in [0.29, 0.717) is 12.2 Å². The first-order valence-electron chi connectivity index (χ1n) is 6.76. The van der Waals surface area contributed by atoms with E-state index in [1.165, 1.54) is 6.07 Å². The molecule has 0 saturated carbocycles. The number of hydrogen-bond donors (Lipinski definition) is 3. The molecule has 7 heteroatoms. The van der Waals surface area contributed by atoms with Gasteiger partial charge >= 0.3 is 0 Å². The fourth-order valence-electron chi connectivity index (χ4n) is 2.23. The average Bonchev–Trinajstić information content (AvgIpc) is 2.53. The van der Waals surface area contributed by atoms with Crippen LogP contribution < -0.4 is 15.4 Å². The molecule has 1 amide bonds. The molecule has 114 valence electrons. The lowest BCUT2D eigenvalue weighted by Crippen LogP contribution is -2.53. The molecule has 3 rings (SSSR count). The molecule has 1 heterocycles. The molecule has 3 N–H and O–H groups in total. The predicted octanol–water partition coefficient (Wildman–Crippen LogP) is 1.03. The molecule has 0 aromatic heterocycles. The maximum atomic E-state index is 12.2. The molecule has 0 saturated heterocycles. The molecule has 0 aliphatic carbocycles. The minimum atomic E-state index is -3.69. The van der Waals surface area contributed by atoms with Crippen LogP contribution in [0.15, 0.2) is 59.5 Å². The highest BCUT2D eigenvalue weighted by Gasteiger charge is 2.32. The third-order valence-corrected chi connectivity index (χ3v) is 4.80. The summed E-state index contributed by atoms with van der Waals surface area (Å²) in [5.41, 5.74) is 1.36. The number of carbonyl (C=O) groups is 1. The molecule has 1 aliphatic heterocycles. The van der Waals surface area contributed by atoms with Crippen molar-refractivity contribution in [3.05, 3.63) is 60.2 Å². The number of sulfonamides is 1. The molecule has 0 fully saturated rings. The molecule has 1 atom stereocenters. The summed E-state index contributed by atoms with van der Waals surface area (Å²) in [5, 5.41) is 5.60. The summed E-state index contributed by atoms with van der Waals surface area (Å²) in [6.45, 7) is 0.335. The zero-order chi connectivity index (χ0) is 15.6. The van der Waals surface area contributed by atoms with Crippen LogP contribution in [0.2, 0.25) is 0 Å². The van der Waals surface area contributed by atoms with Crippen LogP contribution in [0.1, 0.15) is 5.56 Å². The number of amides is 1. The topological polar surface area (TPSA) is 87.3 Å². The number of hydrogen-bond acceptors (Lipinski definition) is 4. The summed E-state index contributed by atoms with van der Waals surface area (Å²) in [7, 11) is -3.69. The number of carbonyl (C=O) groups excluding carboxylic acids is 1. The van der Waals surface area contributed by atoms with Crippen molar-refractivity contribution in [2.24, 2.45) is 0 Å². The van der Waals surface area contributed by atoms with Gasteiger partial charge in [0.2, 0.25) is 10.0 Å². The van der Waals surface area contributed by atoms with Gasteiger partial charge in [-0.15, -0.1) is 0 Å². The van der Waals surface area contributed by atoms with Gasteiger partial charge in [0.25, 0.3) is 5.91 Å². The second kappa shape index (κ2) is 5.78. The first-order chi connectivity index (χ1) is 10.6. The highest BCUT2D eigenvalue weighted by atomic mass is 32.2. The van der Waals surface area contributed by atoms with Gasteiger partial charge in [-0.3, -0.25) is 4.79 Å². The summed E-state index contributed by atoms with van der Waals surface area (Å²) >= 11 is 0. The Morgan fingerprint density at radius 2 is 1.73 bits per heavy atom. The van der Waals surface area contributed by atoms with Crippen molar-refractivity contribution in [1.29, 1.82) is 0 Å². The Morgan fingerprint density at radius 1 is 1.05 bits per heavy atom. The molecule has 6 nitrogen and oxygen atoms in total. The maximum absolute atomic E-state index is 12.2. The lowest BCUT2D eigenvalue weighted by Gasteiger charge is -2.27. The number of para-hydroxylation sites is 1. The van der Waals surface area contributed by atoms with Crippen molar-refractivity contribution in [3.8, 4) is 0 Å². The summed E-state index contributed by atoms with van der Waals surface area (Å²) in [5.74, 6) is -0.429. The second-order valence-corrected chi connectivity index (χ2v) is 6.58. The standard InChI is InChI=1S/C15H15N3O3S/c19-15(16-10-11-6-2-1-3-7-11)14-17-12-8-4-5-9-13(12)22(20,21)18-14/h1-9,14,17-18H,10H2,(H,16,19)/t14-/m0/s1. The van der Waals surface area contributed by atoms with E-state index in [0.717, 1.165) is 5.56 Å². The molecule has 22 heavy (non-hydrogen) atoms. The first-order valence-corrected chi connectivity index (χ1v) is 8.24. The summed E-state index contributed by atoms with van der Waals surface area (Å²) < 4.78 is 26.6. The molecule has 0 unspecified atom stereocenters. The highest BCUT2D eigenvalue weighted by molar-refractivity contribution is 7.89. The zero-order valence-corrected chi connectivity index (χ0v) is 12.4. The average molecular weight is 317 g/mol. The van der Waals surface area contributed by atoms with E-state index in [4.69, 9.17) is 0 Å². The quantitative estimate of drug-likeness (QED) is 0.789. The number of anilines is 1. The van der Waals surface area contributed by atoms with Gasteiger partial charge in [-0.1, -0.05) is 42.5 Å². The van der Waals surface area contributed by atoms with E-state index in [1.54, 1.807) is 18.2 Å². The summed E-state index contributed by atoms with van der Waals surface area (Å²) in [6, 6.07) is 15.9. The summed E-state index contributed by atoms with van der Waals surface area (Å²) in [6.07, 6.45) is -1.02. The van der Waals surface area contributed by atoms with Crippen LogP contribution in [0, 0.1) is 0 Å². The van der Waals surface area contributed by atoms with Gasteiger partial charge in [0.05, 0.1) is 5.69 Å². The van der Waals surface area contributed by atoms with Crippen LogP contribution in [0.4, 0.5) is 5.69 Å². The fraction of sp³-hybridized carbons (Fsp3) is 0.133. The van der Waals surface area contributed by atoms with Crippen molar-refractivity contribution in [1.82, 2.24) is 10.0 Å². The van der Waals surface area contributed by atoms with Gasteiger partial charge in [0.1, 0.15) is 4.90 Å². The molecule has 0 bridgehead atoms. The molecule has 1 aliphatic rings. The predicted molar refractivity (Wildman–Crippen MR) is 82.5 cm³/mol. The van der Waals surface area contributed by atoms with Gasteiger partial charge < -0.3 is 10.6 Å². The van der Waals surface area contributed by atoms with E-state index in [1.807, 2.05) is 30.3 Å². The van der Waals surface area contributed by atoms with Crippen LogP contribution in [0.25, 0.3) is 0 Å². The van der Waals surface area contributed by atoms with Crippen molar-refractivity contribution in [2.75, 3.05) is 5.32 Å². The number of rotatable bonds is 3. The van der Waals surface area contributed by atoms with E-state index in [-0.39, 0.29) is 4.90 Å². The SMILES string of the molecule is O=C(NCc1ccccc1)[C@H]1Nc2ccccc2S(=O)(=O)N1. The Balaban J connectivity index is 1.73. The van der Waals surface area contributed by atoms with Crippen LogP contribution >= 0.6 is 0 Å². The van der Waals surface area contributed by atoms with Gasteiger partial charge in [0.15, 0.2) is 6.17 Å². The Kier molecular flexibility index (Phi) is 3.82. The largest absolute Gasteiger partial charge is 0.360 e. The smallest absolute Gasteiger partial charge is 0.258 e.